The second-order valence-electron chi connectivity index (χ2n) is 4.22. The van der Waals surface area contributed by atoms with Gasteiger partial charge in [-0.2, -0.15) is 5.26 Å². The largest absolute Gasteiger partial charge is 0.454 e. The maximum atomic E-state index is 13.6. The van der Waals surface area contributed by atoms with Gasteiger partial charge in [-0.05, 0) is 31.2 Å². The molecule has 3 nitrogen and oxygen atoms in total. The highest BCUT2D eigenvalue weighted by molar-refractivity contribution is 5.45. The third-order valence-corrected chi connectivity index (χ3v) is 2.71. The Morgan fingerprint density at radius 2 is 1.90 bits per heavy atom. The van der Waals surface area contributed by atoms with Crippen LogP contribution in [0, 0.1) is 23.0 Å². The van der Waals surface area contributed by atoms with Crippen molar-refractivity contribution in [2.45, 2.75) is 13.0 Å². The molecule has 0 amide bonds. The number of aliphatic hydroxyl groups excluding tert-OH is 1. The average Bonchev–Trinajstić information content (AvgIpc) is 2.42. The summed E-state index contributed by atoms with van der Waals surface area (Å²) in [6.45, 7) is 1.51. The zero-order valence-corrected chi connectivity index (χ0v) is 10.6. The highest BCUT2D eigenvalue weighted by Gasteiger charge is 2.13. The number of rotatable bonds is 3. The lowest BCUT2D eigenvalue weighted by molar-refractivity contribution is 0.195. The fourth-order valence-electron chi connectivity index (χ4n) is 1.71. The Bertz CT molecular complexity index is 678. The Hall–Kier alpha value is -2.45. The Morgan fingerprint density at radius 3 is 2.55 bits per heavy atom. The molecule has 1 atom stereocenters. The highest BCUT2D eigenvalue weighted by Crippen LogP contribution is 2.32. The number of halogens is 2. The summed E-state index contributed by atoms with van der Waals surface area (Å²) in [5.74, 6) is -1.56. The summed E-state index contributed by atoms with van der Waals surface area (Å²) < 4.78 is 32.0. The fraction of sp³-hybridized carbons (Fsp3) is 0.133. The Labute approximate surface area is 114 Å². The normalized spacial score (nSPS) is 11.8. The first-order valence-electron chi connectivity index (χ1n) is 5.86. The molecular weight excluding hydrogens is 264 g/mol. The van der Waals surface area contributed by atoms with E-state index in [1.54, 1.807) is 0 Å². The lowest BCUT2D eigenvalue weighted by atomic mass is 10.1. The third-order valence-electron chi connectivity index (χ3n) is 2.71. The second-order valence-corrected chi connectivity index (χ2v) is 4.22. The van der Waals surface area contributed by atoms with E-state index in [9.17, 15) is 13.9 Å². The Morgan fingerprint density at radius 1 is 1.15 bits per heavy atom. The van der Waals surface area contributed by atoms with Gasteiger partial charge in [0.1, 0.15) is 11.6 Å². The van der Waals surface area contributed by atoms with Crippen LogP contribution in [0.5, 0.6) is 11.5 Å². The molecule has 1 N–H and O–H groups in total. The number of hydrogen-bond donors (Lipinski definition) is 1. The minimum absolute atomic E-state index is 0.114. The van der Waals surface area contributed by atoms with Crippen molar-refractivity contribution in [2.24, 2.45) is 0 Å². The van der Waals surface area contributed by atoms with Crippen molar-refractivity contribution in [2.75, 3.05) is 0 Å². The molecule has 0 unspecified atom stereocenters. The van der Waals surface area contributed by atoms with Crippen LogP contribution in [0.4, 0.5) is 8.78 Å². The smallest absolute Gasteiger partial charge is 0.165 e. The lowest BCUT2D eigenvalue weighted by Crippen LogP contribution is -1.98. The van der Waals surface area contributed by atoms with E-state index in [0.717, 1.165) is 18.2 Å². The molecule has 0 bridgehead atoms. The van der Waals surface area contributed by atoms with E-state index in [1.165, 1.54) is 25.1 Å². The molecule has 0 radical (unpaired) electrons. The number of hydrogen-bond acceptors (Lipinski definition) is 3. The van der Waals surface area contributed by atoms with E-state index in [-0.39, 0.29) is 11.5 Å². The highest BCUT2D eigenvalue weighted by atomic mass is 19.1. The van der Waals surface area contributed by atoms with E-state index in [2.05, 4.69) is 0 Å². The molecule has 0 saturated heterocycles. The zero-order valence-electron chi connectivity index (χ0n) is 10.6. The molecule has 0 heterocycles. The summed E-state index contributed by atoms with van der Waals surface area (Å²) in [7, 11) is 0. The van der Waals surface area contributed by atoms with Crippen LogP contribution in [0.2, 0.25) is 0 Å². The van der Waals surface area contributed by atoms with Crippen LogP contribution in [0.3, 0.4) is 0 Å². The van der Waals surface area contributed by atoms with Gasteiger partial charge in [-0.25, -0.2) is 8.78 Å². The fourth-order valence-corrected chi connectivity index (χ4v) is 1.71. The van der Waals surface area contributed by atoms with Crippen LogP contribution in [-0.2, 0) is 0 Å². The van der Waals surface area contributed by atoms with Gasteiger partial charge in [-0.1, -0.05) is 6.07 Å². The van der Waals surface area contributed by atoms with Crippen molar-refractivity contribution in [1.82, 2.24) is 0 Å². The molecular formula is C15H11F2NO2. The molecule has 2 aromatic carbocycles. The molecule has 0 aromatic heterocycles. The summed E-state index contributed by atoms with van der Waals surface area (Å²) in [5.41, 5.74) is 0.675. The second kappa shape index (κ2) is 5.68. The predicted octanol–water partition coefficient (Wildman–Crippen LogP) is 3.68. The monoisotopic (exact) mass is 275 g/mol. The third kappa shape index (κ3) is 2.92. The summed E-state index contributed by atoms with van der Waals surface area (Å²) in [5, 5.41) is 18.5. The topological polar surface area (TPSA) is 53.2 Å². The first-order chi connectivity index (χ1) is 9.51. The van der Waals surface area contributed by atoms with Crippen molar-refractivity contribution >= 4 is 0 Å². The van der Waals surface area contributed by atoms with Gasteiger partial charge in [0.15, 0.2) is 11.6 Å². The molecule has 0 aliphatic rings. The van der Waals surface area contributed by atoms with E-state index in [0.29, 0.717) is 11.1 Å². The lowest BCUT2D eigenvalue weighted by Gasteiger charge is -2.14. The number of nitrogens with zero attached hydrogens (tertiary/aromatic N) is 1. The van der Waals surface area contributed by atoms with Gasteiger partial charge in [-0.15, -0.1) is 0 Å². The van der Waals surface area contributed by atoms with Gasteiger partial charge in [0, 0.05) is 11.6 Å². The molecule has 0 aliphatic carbocycles. The standard InChI is InChI=1S/C15H11F2NO2/c1-9(19)12-4-2-10(8-18)6-14(12)20-15-7-11(16)3-5-13(15)17/h2-7,9,19H,1H3/t9-/m0/s1. The van der Waals surface area contributed by atoms with Gasteiger partial charge in [0.05, 0.1) is 17.7 Å². The van der Waals surface area contributed by atoms with Crippen molar-refractivity contribution in [1.29, 1.82) is 5.26 Å². The van der Waals surface area contributed by atoms with E-state index in [4.69, 9.17) is 10.00 Å². The Balaban J connectivity index is 2.46. The molecule has 5 heteroatoms. The van der Waals surface area contributed by atoms with Gasteiger partial charge in [-0.3, -0.25) is 0 Å². The van der Waals surface area contributed by atoms with Crippen LogP contribution < -0.4 is 4.74 Å². The number of benzene rings is 2. The molecule has 20 heavy (non-hydrogen) atoms. The molecule has 0 spiro atoms. The molecule has 0 fully saturated rings. The van der Waals surface area contributed by atoms with Gasteiger partial charge in [0.25, 0.3) is 0 Å². The minimum Gasteiger partial charge on any atom is -0.454 e. The summed E-state index contributed by atoms with van der Waals surface area (Å²) in [6, 6.07) is 9.13. The van der Waals surface area contributed by atoms with E-state index in [1.807, 2.05) is 6.07 Å². The Kier molecular flexibility index (Phi) is 3.97. The van der Waals surface area contributed by atoms with E-state index >= 15 is 0 Å². The van der Waals surface area contributed by atoms with Crippen molar-refractivity contribution in [3.05, 3.63) is 59.2 Å². The molecule has 2 rings (SSSR count). The quantitative estimate of drug-likeness (QED) is 0.929. The minimum atomic E-state index is -0.866. The number of nitriles is 1. The summed E-state index contributed by atoms with van der Waals surface area (Å²) in [6.07, 6.45) is -0.866. The average molecular weight is 275 g/mol. The first-order valence-corrected chi connectivity index (χ1v) is 5.86. The van der Waals surface area contributed by atoms with Crippen LogP contribution >= 0.6 is 0 Å². The van der Waals surface area contributed by atoms with Crippen molar-refractivity contribution in [3.8, 4) is 17.6 Å². The summed E-state index contributed by atoms with van der Waals surface area (Å²) in [4.78, 5) is 0. The predicted molar refractivity (Wildman–Crippen MR) is 68.2 cm³/mol. The molecule has 2 aromatic rings. The van der Waals surface area contributed by atoms with Crippen LogP contribution in [0.1, 0.15) is 24.2 Å². The molecule has 102 valence electrons. The number of ether oxygens (including phenoxy) is 1. The van der Waals surface area contributed by atoms with Gasteiger partial charge >= 0.3 is 0 Å². The molecule has 0 aliphatic heterocycles. The van der Waals surface area contributed by atoms with E-state index < -0.39 is 17.7 Å². The van der Waals surface area contributed by atoms with Crippen LogP contribution in [0.15, 0.2) is 36.4 Å². The first kappa shape index (κ1) is 14.0. The van der Waals surface area contributed by atoms with Crippen LogP contribution in [-0.4, -0.2) is 5.11 Å². The SMILES string of the molecule is C[C@H](O)c1ccc(C#N)cc1Oc1cc(F)ccc1F. The van der Waals surface area contributed by atoms with Gasteiger partial charge < -0.3 is 9.84 Å². The van der Waals surface area contributed by atoms with Crippen LogP contribution in [0.25, 0.3) is 0 Å². The molecule has 0 saturated carbocycles. The van der Waals surface area contributed by atoms with Crippen molar-refractivity contribution in [3.63, 3.8) is 0 Å². The maximum Gasteiger partial charge on any atom is 0.165 e. The zero-order chi connectivity index (χ0) is 14.7. The number of aliphatic hydroxyl groups is 1. The van der Waals surface area contributed by atoms with Crippen molar-refractivity contribution < 1.29 is 18.6 Å². The van der Waals surface area contributed by atoms with Gasteiger partial charge in [0.2, 0.25) is 0 Å². The summed E-state index contributed by atoms with van der Waals surface area (Å²) >= 11 is 0. The maximum absolute atomic E-state index is 13.6.